The average molecular weight is 402 g/mol. The van der Waals surface area contributed by atoms with Crippen LogP contribution in [0, 0.1) is 0 Å². The van der Waals surface area contributed by atoms with Crippen molar-refractivity contribution < 1.29 is 14.6 Å². The van der Waals surface area contributed by atoms with Gasteiger partial charge in [0.2, 0.25) is 0 Å². The second-order valence-electron chi connectivity index (χ2n) is 7.70. The SMILES string of the molecule is O=C(c1ccc(OCCN2CCCCC2)cc1)c1ccc(O)cc1-c1ccccc1. The molecule has 0 spiro atoms. The Hall–Kier alpha value is -3.11. The molecule has 1 aliphatic heterocycles. The van der Waals surface area contributed by atoms with Gasteiger partial charge in [-0.3, -0.25) is 9.69 Å². The van der Waals surface area contributed by atoms with Gasteiger partial charge in [0.25, 0.3) is 0 Å². The fraction of sp³-hybridized carbons (Fsp3) is 0.269. The van der Waals surface area contributed by atoms with Crippen molar-refractivity contribution in [3.05, 3.63) is 83.9 Å². The quantitative estimate of drug-likeness (QED) is 0.556. The van der Waals surface area contributed by atoms with E-state index in [1.165, 1.54) is 19.3 Å². The smallest absolute Gasteiger partial charge is 0.193 e. The minimum Gasteiger partial charge on any atom is -0.508 e. The van der Waals surface area contributed by atoms with Gasteiger partial charge in [0.1, 0.15) is 18.1 Å². The second kappa shape index (κ2) is 9.59. The number of benzene rings is 3. The number of hydrogen-bond acceptors (Lipinski definition) is 4. The van der Waals surface area contributed by atoms with E-state index < -0.39 is 0 Å². The van der Waals surface area contributed by atoms with Crippen LogP contribution in [0.25, 0.3) is 11.1 Å². The summed E-state index contributed by atoms with van der Waals surface area (Å²) >= 11 is 0. The van der Waals surface area contributed by atoms with Crippen LogP contribution in [0.2, 0.25) is 0 Å². The number of phenols is 1. The first-order valence-corrected chi connectivity index (χ1v) is 10.6. The Bertz CT molecular complexity index is 977. The highest BCUT2D eigenvalue weighted by Gasteiger charge is 2.16. The van der Waals surface area contributed by atoms with E-state index in [0.717, 1.165) is 36.5 Å². The second-order valence-corrected chi connectivity index (χ2v) is 7.70. The highest BCUT2D eigenvalue weighted by atomic mass is 16.5. The van der Waals surface area contributed by atoms with Crippen molar-refractivity contribution in [3.8, 4) is 22.6 Å². The van der Waals surface area contributed by atoms with Crippen molar-refractivity contribution in [2.24, 2.45) is 0 Å². The topological polar surface area (TPSA) is 49.8 Å². The predicted molar refractivity (Wildman–Crippen MR) is 119 cm³/mol. The largest absolute Gasteiger partial charge is 0.508 e. The molecule has 0 radical (unpaired) electrons. The Labute approximate surface area is 177 Å². The van der Waals surface area contributed by atoms with Crippen molar-refractivity contribution in [2.75, 3.05) is 26.2 Å². The van der Waals surface area contributed by atoms with Crippen LogP contribution in [0.3, 0.4) is 0 Å². The van der Waals surface area contributed by atoms with Crippen LogP contribution in [0.1, 0.15) is 35.2 Å². The van der Waals surface area contributed by atoms with E-state index in [1.807, 2.05) is 42.5 Å². The van der Waals surface area contributed by atoms with Crippen molar-refractivity contribution in [3.63, 3.8) is 0 Å². The number of aromatic hydroxyl groups is 1. The lowest BCUT2D eigenvalue weighted by Crippen LogP contribution is -2.33. The molecule has 4 nitrogen and oxygen atoms in total. The van der Waals surface area contributed by atoms with Crippen molar-refractivity contribution >= 4 is 5.78 Å². The molecule has 154 valence electrons. The van der Waals surface area contributed by atoms with Gasteiger partial charge in [-0.25, -0.2) is 0 Å². The molecule has 3 aromatic carbocycles. The molecule has 0 bridgehead atoms. The van der Waals surface area contributed by atoms with Crippen LogP contribution < -0.4 is 4.74 Å². The number of nitrogens with zero attached hydrogens (tertiary/aromatic N) is 1. The zero-order valence-electron chi connectivity index (χ0n) is 17.1. The molecular formula is C26H27NO3. The Balaban J connectivity index is 1.45. The van der Waals surface area contributed by atoms with Crippen molar-refractivity contribution in [2.45, 2.75) is 19.3 Å². The van der Waals surface area contributed by atoms with Crippen molar-refractivity contribution in [1.82, 2.24) is 4.90 Å². The lowest BCUT2D eigenvalue weighted by atomic mass is 9.93. The minimum absolute atomic E-state index is 0.0753. The van der Waals surface area contributed by atoms with Gasteiger partial charge in [-0.1, -0.05) is 36.8 Å². The third kappa shape index (κ3) is 4.89. The van der Waals surface area contributed by atoms with Crippen LogP contribution in [0.4, 0.5) is 0 Å². The summed E-state index contributed by atoms with van der Waals surface area (Å²) in [4.78, 5) is 15.6. The van der Waals surface area contributed by atoms with Gasteiger partial charge in [-0.2, -0.15) is 0 Å². The molecule has 0 amide bonds. The molecule has 1 heterocycles. The molecule has 0 aromatic heterocycles. The van der Waals surface area contributed by atoms with Crippen LogP contribution in [0.15, 0.2) is 72.8 Å². The number of carbonyl (C=O) groups excluding carboxylic acids is 1. The Morgan fingerprint density at radius 1 is 0.900 bits per heavy atom. The number of likely N-dealkylation sites (tertiary alicyclic amines) is 1. The van der Waals surface area contributed by atoms with Gasteiger partial charge in [0.15, 0.2) is 5.78 Å². The Morgan fingerprint density at radius 3 is 2.37 bits per heavy atom. The standard InChI is InChI=1S/C26H27NO3/c28-22-11-14-24(25(19-22)20-7-3-1-4-8-20)26(29)21-9-12-23(13-10-21)30-18-17-27-15-5-2-6-16-27/h1,3-4,7-14,19,28H,2,5-6,15-18H2. The third-order valence-electron chi connectivity index (χ3n) is 5.57. The predicted octanol–water partition coefficient (Wildman–Crippen LogP) is 5.15. The zero-order valence-corrected chi connectivity index (χ0v) is 17.1. The summed E-state index contributed by atoms with van der Waals surface area (Å²) in [5, 5.41) is 9.93. The summed E-state index contributed by atoms with van der Waals surface area (Å²) in [7, 11) is 0. The molecular weight excluding hydrogens is 374 g/mol. The molecule has 1 N–H and O–H groups in total. The monoisotopic (exact) mass is 401 g/mol. The summed E-state index contributed by atoms with van der Waals surface area (Å²) in [6.07, 6.45) is 3.89. The molecule has 30 heavy (non-hydrogen) atoms. The molecule has 4 rings (SSSR count). The van der Waals surface area contributed by atoms with E-state index >= 15 is 0 Å². The first-order chi connectivity index (χ1) is 14.7. The van der Waals surface area contributed by atoms with Crippen LogP contribution >= 0.6 is 0 Å². The molecule has 1 fully saturated rings. The normalized spacial score (nSPS) is 14.4. The highest BCUT2D eigenvalue weighted by Crippen LogP contribution is 2.29. The Kier molecular flexibility index (Phi) is 6.45. The fourth-order valence-electron chi connectivity index (χ4n) is 3.92. The van der Waals surface area contributed by atoms with Gasteiger partial charge in [0, 0.05) is 17.7 Å². The highest BCUT2D eigenvalue weighted by molar-refractivity contribution is 6.13. The fourth-order valence-corrected chi connectivity index (χ4v) is 3.92. The van der Waals surface area contributed by atoms with Gasteiger partial charge in [0.05, 0.1) is 0 Å². The summed E-state index contributed by atoms with van der Waals surface area (Å²) in [6.45, 7) is 3.92. The molecule has 1 saturated heterocycles. The van der Waals surface area contributed by atoms with E-state index in [2.05, 4.69) is 4.90 Å². The summed E-state index contributed by atoms with van der Waals surface area (Å²) in [5.41, 5.74) is 2.79. The molecule has 0 saturated carbocycles. The number of rotatable bonds is 7. The van der Waals surface area contributed by atoms with Crippen LogP contribution in [-0.4, -0.2) is 42.0 Å². The molecule has 0 aliphatic carbocycles. The first-order valence-electron chi connectivity index (χ1n) is 10.6. The van der Waals surface area contributed by atoms with Gasteiger partial charge >= 0.3 is 0 Å². The number of carbonyl (C=O) groups is 1. The van der Waals surface area contributed by atoms with E-state index in [0.29, 0.717) is 17.7 Å². The molecule has 4 heteroatoms. The van der Waals surface area contributed by atoms with E-state index in [1.54, 1.807) is 30.3 Å². The lowest BCUT2D eigenvalue weighted by molar-refractivity contribution is 0.103. The van der Waals surface area contributed by atoms with E-state index in [4.69, 9.17) is 4.74 Å². The summed E-state index contributed by atoms with van der Waals surface area (Å²) in [5.74, 6) is 0.842. The molecule has 0 unspecified atom stereocenters. The summed E-state index contributed by atoms with van der Waals surface area (Å²) < 4.78 is 5.87. The molecule has 3 aromatic rings. The molecule has 0 atom stereocenters. The van der Waals surface area contributed by atoms with E-state index in [-0.39, 0.29) is 11.5 Å². The van der Waals surface area contributed by atoms with Crippen LogP contribution in [0.5, 0.6) is 11.5 Å². The minimum atomic E-state index is -0.0753. The number of ketones is 1. The average Bonchev–Trinajstić information content (AvgIpc) is 2.80. The first kappa shape index (κ1) is 20.2. The number of phenolic OH excluding ortho intramolecular Hbond substituents is 1. The summed E-state index contributed by atoms with van der Waals surface area (Å²) in [6, 6.07) is 21.8. The maximum atomic E-state index is 13.2. The molecule has 1 aliphatic rings. The van der Waals surface area contributed by atoms with Crippen LogP contribution in [-0.2, 0) is 0 Å². The van der Waals surface area contributed by atoms with Gasteiger partial charge in [-0.15, -0.1) is 0 Å². The van der Waals surface area contributed by atoms with Gasteiger partial charge in [-0.05, 0) is 79.5 Å². The lowest BCUT2D eigenvalue weighted by Gasteiger charge is -2.26. The third-order valence-corrected chi connectivity index (χ3v) is 5.57. The Morgan fingerprint density at radius 2 is 1.63 bits per heavy atom. The maximum absolute atomic E-state index is 13.2. The van der Waals surface area contributed by atoms with Gasteiger partial charge < -0.3 is 9.84 Å². The van der Waals surface area contributed by atoms with E-state index in [9.17, 15) is 9.90 Å². The number of ether oxygens (including phenoxy) is 1. The zero-order chi connectivity index (χ0) is 20.8. The maximum Gasteiger partial charge on any atom is 0.193 e. The number of piperidine rings is 1. The van der Waals surface area contributed by atoms with Crippen molar-refractivity contribution in [1.29, 1.82) is 0 Å². The number of hydrogen-bond donors (Lipinski definition) is 1.